The fraction of sp³-hybridized carbons (Fsp3) is 0.818. The first-order valence-corrected chi connectivity index (χ1v) is 5.46. The summed E-state index contributed by atoms with van der Waals surface area (Å²) >= 11 is 0. The van der Waals surface area contributed by atoms with Gasteiger partial charge in [0, 0.05) is 12.5 Å². The maximum Gasteiger partial charge on any atom is 0.329 e. The number of hydrogen-bond donors (Lipinski definition) is 1. The van der Waals surface area contributed by atoms with Crippen LogP contribution in [-0.2, 0) is 9.59 Å². The Hall–Kier alpha value is -1.06. The Labute approximate surface area is 90.3 Å². The van der Waals surface area contributed by atoms with Crippen molar-refractivity contribution in [2.45, 2.75) is 45.6 Å². The van der Waals surface area contributed by atoms with Crippen LogP contribution < -0.4 is 0 Å². The summed E-state index contributed by atoms with van der Waals surface area (Å²) in [6, 6.07) is 0. The lowest BCUT2D eigenvalue weighted by Crippen LogP contribution is -2.55. The van der Waals surface area contributed by atoms with Crippen LogP contribution in [0.3, 0.4) is 0 Å². The smallest absolute Gasteiger partial charge is 0.329 e. The number of carboxylic acids is 1. The van der Waals surface area contributed by atoms with Crippen LogP contribution in [0, 0.1) is 5.92 Å². The van der Waals surface area contributed by atoms with E-state index in [2.05, 4.69) is 0 Å². The van der Waals surface area contributed by atoms with Gasteiger partial charge >= 0.3 is 5.97 Å². The number of nitrogens with zero attached hydrogens (tertiary/aromatic N) is 1. The third kappa shape index (κ3) is 2.13. The molecule has 0 aromatic carbocycles. The molecule has 0 heterocycles. The van der Waals surface area contributed by atoms with Gasteiger partial charge in [-0.05, 0) is 33.6 Å². The fourth-order valence-electron chi connectivity index (χ4n) is 1.82. The molecule has 1 amide bonds. The van der Waals surface area contributed by atoms with E-state index >= 15 is 0 Å². The summed E-state index contributed by atoms with van der Waals surface area (Å²) in [4.78, 5) is 24.5. The van der Waals surface area contributed by atoms with E-state index < -0.39 is 11.5 Å². The minimum atomic E-state index is -1.10. The SMILES string of the molecule is CCN(C(=O)C1CCC1)C(C)(C)C(=O)O. The van der Waals surface area contributed by atoms with Gasteiger partial charge in [0.2, 0.25) is 5.91 Å². The molecule has 4 heteroatoms. The minimum Gasteiger partial charge on any atom is -0.480 e. The molecule has 0 bridgehead atoms. The van der Waals surface area contributed by atoms with E-state index in [1.54, 1.807) is 13.8 Å². The van der Waals surface area contributed by atoms with E-state index in [1.165, 1.54) is 4.90 Å². The molecular weight excluding hydrogens is 194 g/mol. The molecule has 0 aliphatic heterocycles. The number of carbonyl (C=O) groups is 2. The summed E-state index contributed by atoms with van der Waals surface area (Å²) in [5.41, 5.74) is -1.10. The van der Waals surface area contributed by atoms with E-state index in [0.717, 1.165) is 19.3 Å². The summed E-state index contributed by atoms with van der Waals surface area (Å²) in [6.45, 7) is 5.43. The van der Waals surface area contributed by atoms with Crippen molar-refractivity contribution < 1.29 is 14.7 Å². The van der Waals surface area contributed by atoms with Gasteiger partial charge in [-0.15, -0.1) is 0 Å². The van der Waals surface area contributed by atoms with Gasteiger partial charge in [-0.25, -0.2) is 4.79 Å². The van der Waals surface area contributed by atoms with Crippen molar-refractivity contribution in [1.82, 2.24) is 4.90 Å². The highest BCUT2D eigenvalue weighted by atomic mass is 16.4. The van der Waals surface area contributed by atoms with Crippen LogP contribution in [0.1, 0.15) is 40.0 Å². The van der Waals surface area contributed by atoms with Gasteiger partial charge in [0.05, 0.1) is 0 Å². The summed E-state index contributed by atoms with van der Waals surface area (Å²) in [7, 11) is 0. The van der Waals surface area contributed by atoms with Crippen LogP contribution in [0.15, 0.2) is 0 Å². The van der Waals surface area contributed by atoms with Crippen molar-refractivity contribution in [2.24, 2.45) is 5.92 Å². The quantitative estimate of drug-likeness (QED) is 0.769. The molecule has 86 valence electrons. The van der Waals surface area contributed by atoms with Crippen molar-refractivity contribution in [3.8, 4) is 0 Å². The Morgan fingerprint density at radius 2 is 1.93 bits per heavy atom. The van der Waals surface area contributed by atoms with Crippen LogP contribution in [0.25, 0.3) is 0 Å². The number of carbonyl (C=O) groups excluding carboxylic acids is 1. The molecule has 0 spiro atoms. The highest BCUT2D eigenvalue weighted by Gasteiger charge is 2.40. The summed E-state index contributed by atoms with van der Waals surface area (Å²) < 4.78 is 0. The third-order valence-corrected chi connectivity index (χ3v) is 3.23. The molecule has 0 saturated heterocycles. The maximum absolute atomic E-state index is 12.0. The van der Waals surface area contributed by atoms with Gasteiger partial charge in [-0.2, -0.15) is 0 Å². The lowest BCUT2D eigenvalue weighted by molar-refractivity contribution is -0.159. The first-order valence-electron chi connectivity index (χ1n) is 5.46. The molecule has 0 unspecified atom stereocenters. The van der Waals surface area contributed by atoms with Gasteiger partial charge in [0.15, 0.2) is 0 Å². The van der Waals surface area contributed by atoms with Crippen LogP contribution >= 0.6 is 0 Å². The molecule has 1 aliphatic carbocycles. The van der Waals surface area contributed by atoms with Gasteiger partial charge in [0.25, 0.3) is 0 Å². The molecule has 0 aromatic rings. The number of aliphatic carboxylic acids is 1. The second-order valence-electron chi connectivity index (χ2n) is 4.57. The molecule has 1 N–H and O–H groups in total. The van der Waals surface area contributed by atoms with Crippen molar-refractivity contribution >= 4 is 11.9 Å². The van der Waals surface area contributed by atoms with E-state index in [4.69, 9.17) is 5.11 Å². The molecule has 0 atom stereocenters. The Bertz CT molecular complexity index is 269. The van der Waals surface area contributed by atoms with Crippen molar-refractivity contribution in [1.29, 1.82) is 0 Å². The minimum absolute atomic E-state index is 0.00356. The molecular formula is C11H19NO3. The zero-order chi connectivity index (χ0) is 11.6. The molecule has 4 nitrogen and oxygen atoms in total. The number of carboxylic acid groups (broad SMARTS) is 1. The van der Waals surface area contributed by atoms with Crippen LogP contribution in [0.5, 0.6) is 0 Å². The van der Waals surface area contributed by atoms with Crippen LogP contribution in [0.2, 0.25) is 0 Å². The molecule has 15 heavy (non-hydrogen) atoms. The Morgan fingerprint density at radius 1 is 1.40 bits per heavy atom. The number of amides is 1. The Kier molecular flexibility index (Phi) is 3.37. The Balaban J connectivity index is 2.77. The molecule has 1 rings (SSSR count). The zero-order valence-corrected chi connectivity index (χ0v) is 9.62. The largest absolute Gasteiger partial charge is 0.480 e. The van der Waals surface area contributed by atoms with E-state index in [-0.39, 0.29) is 11.8 Å². The normalized spacial score (nSPS) is 17.0. The standard InChI is InChI=1S/C11H19NO3/c1-4-12(11(2,3)10(14)15)9(13)8-6-5-7-8/h8H,4-7H2,1-3H3,(H,14,15). The van der Waals surface area contributed by atoms with E-state index in [1.807, 2.05) is 6.92 Å². The van der Waals surface area contributed by atoms with Crippen molar-refractivity contribution in [3.63, 3.8) is 0 Å². The summed E-state index contributed by atoms with van der Waals surface area (Å²) in [5.74, 6) is -0.892. The number of rotatable bonds is 4. The van der Waals surface area contributed by atoms with E-state index in [9.17, 15) is 9.59 Å². The lowest BCUT2D eigenvalue weighted by atomic mass is 9.83. The third-order valence-electron chi connectivity index (χ3n) is 3.23. The molecule has 1 fully saturated rings. The second-order valence-corrected chi connectivity index (χ2v) is 4.57. The number of hydrogen-bond acceptors (Lipinski definition) is 2. The monoisotopic (exact) mass is 213 g/mol. The predicted molar refractivity (Wildman–Crippen MR) is 56.4 cm³/mol. The highest BCUT2D eigenvalue weighted by Crippen LogP contribution is 2.30. The van der Waals surface area contributed by atoms with Crippen molar-refractivity contribution in [2.75, 3.05) is 6.54 Å². The van der Waals surface area contributed by atoms with E-state index in [0.29, 0.717) is 6.54 Å². The van der Waals surface area contributed by atoms with Gasteiger partial charge in [-0.3, -0.25) is 4.79 Å². The van der Waals surface area contributed by atoms with Gasteiger partial charge in [-0.1, -0.05) is 6.42 Å². The summed E-state index contributed by atoms with van der Waals surface area (Å²) in [6.07, 6.45) is 2.90. The summed E-state index contributed by atoms with van der Waals surface area (Å²) in [5, 5.41) is 9.07. The average molecular weight is 213 g/mol. The highest BCUT2D eigenvalue weighted by molar-refractivity contribution is 5.87. The second kappa shape index (κ2) is 4.21. The maximum atomic E-state index is 12.0. The first kappa shape index (κ1) is 12.0. The molecule has 1 saturated carbocycles. The predicted octanol–water partition coefficient (Wildman–Crippen LogP) is 1.50. The van der Waals surface area contributed by atoms with Crippen LogP contribution in [-0.4, -0.2) is 34.0 Å². The lowest BCUT2D eigenvalue weighted by Gasteiger charge is -2.38. The first-order chi connectivity index (χ1) is 6.91. The molecule has 0 aromatic heterocycles. The zero-order valence-electron chi connectivity index (χ0n) is 9.62. The number of likely N-dealkylation sites (N-methyl/N-ethyl adjacent to an activating group) is 1. The molecule has 1 aliphatic rings. The fourth-order valence-corrected chi connectivity index (χ4v) is 1.82. The molecule has 0 radical (unpaired) electrons. The Morgan fingerprint density at radius 3 is 2.20 bits per heavy atom. The van der Waals surface area contributed by atoms with Crippen molar-refractivity contribution in [3.05, 3.63) is 0 Å². The van der Waals surface area contributed by atoms with Crippen LogP contribution in [0.4, 0.5) is 0 Å². The topological polar surface area (TPSA) is 57.6 Å². The van der Waals surface area contributed by atoms with Gasteiger partial charge < -0.3 is 10.0 Å². The average Bonchev–Trinajstić information content (AvgIpc) is 2.00. The van der Waals surface area contributed by atoms with Gasteiger partial charge in [0.1, 0.15) is 5.54 Å².